The van der Waals surface area contributed by atoms with E-state index in [2.05, 4.69) is 5.32 Å². The Labute approximate surface area is 185 Å². The largest absolute Gasteiger partial charge is 0.449 e. The van der Waals surface area contributed by atoms with Crippen LogP contribution in [0.3, 0.4) is 0 Å². The lowest BCUT2D eigenvalue weighted by Gasteiger charge is -2.30. The van der Waals surface area contributed by atoms with Crippen molar-refractivity contribution in [2.45, 2.75) is 13.5 Å². The van der Waals surface area contributed by atoms with Gasteiger partial charge >= 0.3 is 0 Å². The molecule has 1 N–H and O–H groups in total. The van der Waals surface area contributed by atoms with Crippen molar-refractivity contribution in [3.8, 4) is 5.75 Å². The van der Waals surface area contributed by atoms with Crippen LogP contribution in [0.1, 0.15) is 16.7 Å². The summed E-state index contributed by atoms with van der Waals surface area (Å²) in [5.41, 5.74) is 3.36. The average Bonchev–Trinajstić information content (AvgIpc) is 2.77. The number of halogens is 1. The topological polar surface area (TPSA) is 58.6 Å². The number of para-hydroxylation sites is 2. The maximum absolute atomic E-state index is 13.2. The SMILES string of the molecule is Cc1ccc(CNC(=O)CN2C(=O)C(=Cc3ccccc3Cl)Oc3ccccc32)cc1. The lowest BCUT2D eigenvalue weighted by atomic mass is 10.1. The summed E-state index contributed by atoms with van der Waals surface area (Å²) in [7, 11) is 0. The van der Waals surface area contributed by atoms with E-state index in [1.807, 2.05) is 49.4 Å². The fraction of sp³-hybridized carbons (Fsp3) is 0.120. The maximum atomic E-state index is 13.2. The fourth-order valence-corrected chi connectivity index (χ4v) is 3.45. The van der Waals surface area contributed by atoms with Gasteiger partial charge in [-0.2, -0.15) is 0 Å². The van der Waals surface area contributed by atoms with Crippen molar-refractivity contribution >= 4 is 35.2 Å². The van der Waals surface area contributed by atoms with Crippen LogP contribution >= 0.6 is 11.6 Å². The summed E-state index contributed by atoms with van der Waals surface area (Å²) in [6.45, 7) is 2.28. The maximum Gasteiger partial charge on any atom is 0.294 e. The first-order valence-electron chi connectivity index (χ1n) is 9.88. The number of ether oxygens (including phenoxy) is 1. The highest BCUT2D eigenvalue weighted by molar-refractivity contribution is 6.32. The number of hydrogen-bond acceptors (Lipinski definition) is 3. The van der Waals surface area contributed by atoms with Gasteiger partial charge in [0.15, 0.2) is 11.5 Å². The van der Waals surface area contributed by atoms with Crippen molar-refractivity contribution in [2.75, 3.05) is 11.4 Å². The van der Waals surface area contributed by atoms with Crippen molar-refractivity contribution < 1.29 is 14.3 Å². The number of nitrogens with zero attached hydrogens (tertiary/aromatic N) is 1. The first-order chi connectivity index (χ1) is 15.0. The second-order valence-corrected chi connectivity index (χ2v) is 7.66. The molecule has 1 aliphatic rings. The highest BCUT2D eigenvalue weighted by atomic mass is 35.5. The van der Waals surface area contributed by atoms with E-state index in [-0.39, 0.29) is 18.2 Å². The molecule has 1 heterocycles. The molecule has 3 aromatic carbocycles. The van der Waals surface area contributed by atoms with Gasteiger partial charge in [-0.25, -0.2) is 0 Å². The second kappa shape index (κ2) is 9.06. The predicted octanol–water partition coefficient (Wildman–Crippen LogP) is 4.73. The number of nitrogens with one attached hydrogen (secondary N) is 1. The monoisotopic (exact) mass is 432 g/mol. The van der Waals surface area contributed by atoms with Gasteiger partial charge in [0.25, 0.3) is 5.91 Å². The molecule has 4 rings (SSSR count). The van der Waals surface area contributed by atoms with Crippen LogP contribution in [-0.4, -0.2) is 18.4 Å². The van der Waals surface area contributed by atoms with Crippen LogP contribution < -0.4 is 15.0 Å². The number of rotatable bonds is 5. The van der Waals surface area contributed by atoms with Crippen LogP contribution in [0, 0.1) is 6.92 Å². The second-order valence-electron chi connectivity index (χ2n) is 7.25. The number of fused-ring (bicyclic) bond motifs is 1. The molecule has 0 unspecified atom stereocenters. The molecular formula is C25H21ClN2O3. The average molecular weight is 433 g/mol. The zero-order valence-electron chi connectivity index (χ0n) is 17.0. The Morgan fingerprint density at radius 2 is 1.74 bits per heavy atom. The predicted molar refractivity (Wildman–Crippen MR) is 122 cm³/mol. The van der Waals surface area contributed by atoms with Gasteiger partial charge in [-0.1, -0.05) is 71.8 Å². The number of anilines is 1. The Hall–Kier alpha value is -3.57. The Morgan fingerprint density at radius 3 is 2.52 bits per heavy atom. The molecule has 0 radical (unpaired) electrons. The number of hydrogen-bond donors (Lipinski definition) is 1. The summed E-state index contributed by atoms with van der Waals surface area (Å²) in [4.78, 5) is 27.2. The minimum absolute atomic E-state index is 0.109. The molecule has 0 saturated carbocycles. The van der Waals surface area contributed by atoms with E-state index in [0.717, 1.165) is 11.1 Å². The van der Waals surface area contributed by atoms with Crippen LogP contribution in [0.4, 0.5) is 5.69 Å². The summed E-state index contributed by atoms with van der Waals surface area (Å²) in [5.74, 6) is -0.0447. The van der Waals surface area contributed by atoms with Crippen LogP contribution in [0.15, 0.2) is 78.6 Å². The van der Waals surface area contributed by atoms with Gasteiger partial charge in [0.2, 0.25) is 5.91 Å². The van der Waals surface area contributed by atoms with E-state index >= 15 is 0 Å². The van der Waals surface area contributed by atoms with Crippen molar-refractivity contribution in [3.05, 3.63) is 100 Å². The van der Waals surface area contributed by atoms with Gasteiger partial charge < -0.3 is 10.1 Å². The molecule has 0 fully saturated rings. The zero-order valence-corrected chi connectivity index (χ0v) is 17.7. The van der Waals surface area contributed by atoms with Gasteiger partial charge in [-0.05, 0) is 42.3 Å². The van der Waals surface area contributed by atoms with E-state index in [4.69, 9.17) is 16.3 Å². The van der Waals surface area contributed by atoms with E-state index in [9.17, 15) is 9.59 Å². The molecule has 0 bridgehead atoms. The molecule has 156 valence electrons. The first-order valence-corrected chi connectivity index (χ1v) is 10.3. The van der Waals surface area contributed by atoms with Gasteiger partial charge in [-0.15, -0.1) is 0 Å². The summed E-state index contributed by atoms with van der Waals surface area (Å²) < 4.78 is 5.83. The molecule has 0 aromatic heterocycles. The third kappa shape index (κ3) is 4.78. The van der Waals surface area contributed by atoms with Gasteiger partial charge in [0.05, 0.1) is 5.69 Å². The first kappa shape index (κ1) is 20.7. The number of aryl methyl sites for hydroxylation is 1. The smallest absolute Gasteiger partial charge is 0.294 e. The van der Waals surface area contributed by atoms with Gasteiger partial charge in [0, 0.05) is 11.6 Å². The van der Waals surface area contributed by atoms with Crippen molar-refractivity contribution in [1.82, 2.24) is 5.32 Å². The summed E-state index contributed by atoms with van der Waals surface area (Å²) >= 11 is 6.23. The van der Waals surface area contributed by atoms with Crippen molar-refractivity contribution in [1.29, 1.82) is 0 Å². The highest BCUT2D eigenvalue weighted by Gasteiger charge is 2.31. The minimum atomic E-state index is -0.399. The summed E-state index contributed by atoms with van der Waals surface area (Å²) in [6.07, 6.45) is 1.60. The number of amides is 2. The standard InChI is InChI=1S/C25H21ClN2O3/c1-17-10-12-18(13-11-17)15-27-24(29)16-28-21-8-4-5-9-22(21)31-23(25(28)30)14-19-6-2-3-7-20(19)26/h2-14H,15-16H2,1H3,(H,27,29). The lowest BCUT2D eigenvalue weighted by molar-refractivity contribution is -0.123. The van der Waals surface area contributed by atoms with Gasteiger partial charge in [-0.3, -0.25) is 14.5 Å². The Balaban J connectivity index is 1.55. The highest BCUT2D eigenvalue weighted by Crippen LogP contribution is 2.35. The van der Waals surface area contributed by atoms with E-state index < -0.39 is 5.91 Å². The Morgan fingerprint density at radius 1 is 1.03 bits per heavy atom. The number of carbonyl (C=O) groups excluding carboxylic acids is 2. The van der Waals surface area contributed by atoms with E-state index in [1.54, 1.807) is 36.4 Å². The molecule has 1 aliphatic heterocycles. The molecule has 6 heteroatoms. The van der Waals surface area contributed by atoms with Crippen LogP contribution in [-0.2, 0) is 16.1 Å². The molecular weight excluding hydrogens is 412 g/mol. The van der Waals surface area contributed by atoms with Crippen LogP contribution in [0.2, 0.25) is 5.02 Å². The Kier molecular flexibility index (Phi) is 6.05. The molecule has 0 saturated heterocycles. The number of carbonyl (C=O) groups is 2. The number of benzene rings is 3. The molecule has 0 aliphatic carbocycles. The lowest BCUT2D eigenvalue weighted by Crippen LogP contribution is -2.44. The third-order valence-corrected chi connectivity index (χ3v) is 5.28. The molecule has 2 amide bonds. The van der Waals surface area contributed by atoms with Crippen molar-refractivity contribution in [3.63, 3.8) is 0 Å². The molecule has 31 heavy (non-hydrogen) atoms. The quantitative estimate of drug-likeness (QED) is 0.593. The van der Waals surface area contributed by atoms with Crippen LogP contribution in [0.5, 0.6) is 5.75 Å². The van der Waals surface area contributed by atoms with E-state index in [0.29, 0.717) is 28.6 Å². The molecule has 0 atom stereocenters. The molecule has 5 nitrogen and oxygen atoms in total. The van der Waals surface area contributed by atoms with Crippen molar-refractivity contribution in [2.24, 2.45) is 0 Å². The fourth-order valence-electron chi connectivity index (χ4n) is 3.26. The normalized spacial score (nSPS) is 14.2. The molecule has 3 aromatic rings. The van der Waals surface area contributed by atoms with E-state index in [1.165, 1.54) is 4.90 Å². The zero-order chi connectivity index (χ0) is 21.8. The van der Waals surface area contributed by atoms with Crippen LogP contribution in [0.25, 0.3) is 6.08 Å². The molecule has 0 spiro atoms. The minimum Gasteiger partial charge on any atom is -0.449 e. The third-order valence-electron chi connectivity index (χ3n) is 4.94. The van der Waals surface area contributed by atoms with Gasteiger partial charge in [0.1, 0.15) is 6.54 Å². The Bertz CT molecular complexity index is 1160. The summed E-state index contributed by atoms with van der Waals surface area (Å²) in [5, 5.41) is 3.38. The summed E-state index contributed by atoms with van der Waals surface area (Å²) in [6, 6.07) is 22.2.